The molecule has 0 aliphatic carbocycles. The molecule has 0 saturated carbocycles. The molecule has 0 amide bonds. The Morgan fingerprint density at radius 1 is 1.33 bits per heavy atom. The molecule has 0 spiro atoms. The number of aliphatic hydroxyl groups is 1. The maximum absolute atomic E-state index is 8.04. The van der Waals surface area contributed by atoms with E-state index >= 15 is 0 Å². The van der Waals surface area contributed by atoms with Gasteiger partial charge < -0.3 is 5.11 Å². The molecule has 0 aromatic heterocycles. The van der Waals surface area contributed by atoms with Crippen molar-refractivity contribution in [1.29, 1.82) is 0 Å². The van der Waals surface area contributed by atoms with Crippen LogP contribution < -0.4 is 0 Å². The molecule has 0 aromatic rings. The van der Waals surface area contributed by atoms with Crippen LogP contribution in [0.1, 0.15) is 0 Å². The molecular formula is CH3Cl3OS. The van der Waals surface area contributed by atoms with Gasteiger partial charge >= 0.3 is 0 Å². The average Bonchev–Trinajstić information content (AvgIpc) is 1.35. The minimum Gasteiger partial charge on any atom is -0.384 e. The van der Waals surface area contributed by atoms with E-state index in [1.807, 2.05) is 0 Å². The third kappa shape index (κ3) is 5.18. The van der Waals surface area contributed by atoms with Gasteiger partial charge in [0.1, 0.15) is 5.94 Å². The van der Waals surface area contributed by atoms with Crippen LogP contribution >= 0.6 is 39.7 Å². The van der Waals surface area contributed by atoms with E-state index in [1.165, 1.54) is 0 Å². The van der Waals surface area contributed by atoms with Crippen LogP contribution in [0.3, 0.4) is 0 Å². The molecule has 0 radical (unpaired) electrons. The predicted molar refractivity (Wildman–Crippen MR) is 32.2 cm³/mol. The predicted octanol–water partition coefficient (Wildman–Crippen LogP) is 2.20. The van der Waals surface area contributed by atoms with E-state index in [-0.39, 0.29) is 5.94 Å². The summed E-state index contributed by atoms with van der Waals surface area (Å²) in [5, 5.41) is 8.04. The van der Waals surface area contributed by atoms with E-state index < -0.39 is 7.67 Å². The zero-order valence-electron chi connectivity index (χ0n) is 2.70. The standard InChI is InChI=1S/CH3Cl3OS/c2-6(3,4)1-5/h5H,1H2. The second-order valence-electron chi connectivity index (χ2n) is 0.631. The van der Waals surface area contributed by atoms with E-state index in [9.17, 15) is 0 Å². The maximum Gasteiger partial charge on any atom is 0.111 e. The second kappa shape index (κ2) is 2.48. The third-order valence-electron chi connectivity index (χ3n) is 0.146. The molecular weight excluding hydrogens is 166 g/mol. The van der Waals surface area contributed by atoms with Gasteiger partial charge in [-0.05, 0) is 32.0 Å². The lowest BCUT2D eigenvalue weighted by atomic mass is 11.7. The second-order valence-corrected chi connectivity index (χ2v) is 8.06. The minimum absolute atomic E-state index is 0.350. The van der Waals surface area contributed by atoms with Gasteiger partial charge in [-0.3, -0.25) is 0 Å². The van der Waals surface area contributed by atoms with Crippen molar-refractivity contribution in [1.82, 2.24) is 0 Å². The fourth-order valence-electron chi connectivity index (χ4n) is 0. The lowest BCUT2D eigenvalue weighted by Crippen LogP contribution is -1.75. The van der Waals surface area contributed by atoms with Crippen molar-refractivity contribution in [3.63, 3.8) is 0 Å². The summed E-state index contributed by atoms with van der Waals surface area (Å²) in [5.74, 6) is -0.350. The fraction of sp³-hybridized carbons (Fsp3) is 1.00. The summed E-state index contributed by atoms with van der Waals surface area (Å²) in [7, 11) is 13.1. The van der Waals surface area contributed by atoms with Gasteiger partial charge in [0, 0.05) is 7.67 Å². The molecule has 0 aliphatic rings. The van der Waals surface area contributed by atoms with Crippen LogP contribution in [0.25, 0.3) is 0 Å². The minimum atomic E-state index is -2.19. The van der Waals surface area contributed by atoms with Crippen molar-refractivity contribution < 1.29 is 5.11 Å². The molecule has 0 unspecified atom stereocenters. The zero-order chi connectivity index (χ0) is 5.21. The Balaban J connectivity index is 3.17. The van der Waals surface area contributed by atoms with Gasteiger partial charge in [-0.25, -0.2) is 0 Å². The average molecular weight is 169 g/mol. The van der Waals surface area contributed by atoms with Gasteiger partial charge in [0.05, 0.1) is 0 Å². The summed E-state index contributed by atoms with van der Waals surface area (Å²) in [6, 6.07) is 0. The summed E-state index contributed by atoms with van der Waals surface area (Å²) in [6.07, 6.45) is 0. The Bertz CT molecular complexity index is 40.5. The summed E-state index contributed by atoms with van der Waals surface area (Å²) in [5.41, 5.74) is 0. The SMILES string of the molecule is OCS(Cl)(Cl)Cl. The molecule has 0 aliphatic heterocycles. The smallest absolute Gasteiger partial charge is 0.111 e. The normalized spacial score (nSPS) is 14.7. The zero-order valence-corrected chi connectivity index (χ0v) is 5.78. The quantitative estimate of drug-likeness (QED) is 0.638. The summed E-state index contributed by atoms with van der Waals surface area (Å²) >= 11 is 0. The first-order chi connectivity index (χ1) is 2.56. The Hall–Kier alpha value is 1.18. The molecule has 5 heteroatoms. The van der Waals surface area contributed by atoms with Gasteiger partial charge in [0.2, 0.25) is 0 Å². The summed E-state index contributed by atoms with van der Waals surface area (Å²) in [4.78, 5) is 0. The van der Waals surface area contributed by atoms with Crippen molar-refractivity contribution in [3.8, 4) is 0 Å². The number of hydrogen-bond acceptors (Lipinski definition) is 1. The van der Waals surface area contributed by atoms with Crippen LogP contribution in [0, 0.1) is 0 Å². The molecule has 0 atom stereocenters. The Labute approximate surface area is 51.0 Å². The van der Waals surface area contributed by atoms with E-state index in [2.05, 4.69) is 0 Å². The van der Waals surface area contributed by atoms with Crippen LogP contribution in [-0.2, 0) is 0 Å². The van der Waals surface area contributed by atoms with Crippen molar-refractivity contribution >= 4 is 39.7 Å². The fourth-order valence-corrected chi connectivity index (χ4v) is 0. The largest absolute Gasteiger partial charge is 0.384 e. The first-order valence-corrected chi connectivity index (χ1v) is 5.35. The Morgan fingerprint density at radius 3 is 1.50 bits per heavy atom. The van der Waals surface area contributed by atoms with Crippen molar-refractivity contribution in [2.75, 3.05) is 5.94 Å². The van der Waals surface area contributed by atoms with E-state index in [4.69, 9.17) is 37.2 Å². The molecule has 1 nitrogen and oxygen atoms in total. The Kier molecular flexibility index (Phi) is 2.97. The number of rotatable bonds is 1. The highest BCUT2D eigenvalue weighted by molar-refractivity contribution is 8.78. The lowest BCUT2D eigenvalue weighted by Gasteiger charge is -2.07. The number of halogens is 3. The highest BCUT2D eigenvalue weighted by atomic mass is 36.2. The van der Waals surface area contributed by atoms with Crippen LogP contribution in [0.5, 0.6) is 0 Å². The molecule has 0 saturated heterocycles. The molecule has 0 fully saturated rings. The molecule has 0 rings (SSSR count). The highest BCUT2D eigenvalue weighted by Crippen LogP contribution is 2.61. The van der Waals surface area contributed by atoms with Gasteiger partial charge in [-0.1, -0.05) is 0 Å². The van der Waals surface area contributed by atoms with Crippen molar-refractivity contribution in [2.45, 2.75) is 0 Å². The molecule has 6 heavy (non-hydrogen) atoms. The van der Waals surface area contributed by atoms with E-state index in [0.29, 0.717) is 0 Å². The molecule has 40 valence electrons. The van der Waals surface area contributed by atoms with E-state index in [0.717, 1.165) is 0 Å². The van der Waals surface area contributed by atoms with E-state index in [1.54, 1.807) is 0 Å². The third-order valence-corrected chi connectivity index (χ3v) is 1.32. The first-order valence-electron chi connectivity index (χ1n) is 1.07. The number of aliphatic hydroxyl groups excluding tert-OH is 1. The monoisotopic (exact) mass is 168 g/mol. The van der Waals surface area contributed by atoms with Gasteiger partial charge in [-0.15, -0.1) is 0 Å². The van der Waals surface area contributed by atoms with Crippen LogP contribution in [0.2, 0.25) is 0 Å². The topological polar surface area (TPSA) is 20.2 Å². The van der Waals surface area contributed by atoms with Gasteiger partial charge in [0.25, 0.3) is 0 Å². The molecule has 0 aromatic carbocycles. The molecule has 0 bridgehead atoms. The summed E-state index contributed by atoms with van der Waals surface area (Å²) < 4.78 is 0. The van der Waals surface area contributed by atoms with Crippen molar-refractivity contribution in [2.24, 2.45) is 0 Å². The highest BCUT2D eigenvalue weighted by Gasteiger charge is 2.08. The number of hydrogen-bond donors (Lipinski definition) is 1. The van der Waals surface area contributed by atoms with Crippen LogP contribution in [-0.4, -0.2) is 11.0 Å². The molecule has 1 N–H and O–H groups in total. The lowest BCUT2D eigenvalue weighted by molar-refractivity contribution is 0.375. The maximum atomic E-state index is 8.04. The van der Waals surface area contributed by atoms with Crippen LogP contribution in [0.15, 0.2) is 0 Å². The van der Waals surface area contributed by atoms with Gasteiger partial charge in [0.15, 0.2) is 0 Å². The first kappa shape index (κ1) is 7.18. The molecule has 0 heterocycles. The van der Waals surface area contributed by atoms with Crippen molar-refractivity contribution in [3.05, 3.63) is 0 Å². The van der Waals surface area contributed by atoms with Gasteiger partial charge in [-0.2, -0.15) is 0 Å². The van der Waals surface area contributed by atoms with Crippen LogP contribution in [0.4, 0.5) is 0 Å². The Morgan fingerprint density at radius 2 is 1.50 bits per heavy atom. The summed E-state index contributed by atoms with van der Waals surface area (Å²) in [6.45, 7) is 0.